The van der Waals surface area contributed by atoms with Gasteiger partial charge in [-0.15, -0.1) is 0 Å². The lowest BCUT2D eigenvalue weighted by Gasteiger charge is -2.22. The van der Waals surface area contributed by atoms with Gasteiger partial charge in [0.25, 0.3) is 0 Å². The van der Waals surface area contributed by atoms with Gasteiger partial charge in [0, 0.05) is 98.1 Å². The molecule has 0 fully saturated rings. The van der Waals surface area contributed by atoms with Crippen LogP contribution in [0.1, 0.15) is 45.2 Å². The fraction of sp³-hybridized carbons (Fsp3) is 0.0500. The largest absolute Gasteiger partial charge is 0.361 e. The number of aromatic nitrogens is 4. The minimum atomic E-state index is -0.0362. The molecule has 0 saturated heterocycles. The van der Waals surface area contributed by atoms with Crippen molar-refractivity contribution >= 4 is 107 Å². The van der Waals surface area contributed by atoms with Crippen LogP contribution in [0.2, 0.25) is 0 Å². The molecule has 234 valence electrons. The number of nitrogens with one attached hydrogen (secondary N) is 4. The van der Waals surface area contributed by atoms with Crippen molar-refractivity contribution in [3.8, 4) is 0 Å². The van der Waals surface area contributed by atoms with E-state index in [1.54, 1.807) is 0 Å². The first-order chi connectivity index (χ1) is 23.4. The SMILES string of the molecule is Brc1ccc2[nH]cc(C(c3cccc(C(c4c[nH]c5ccc(Br)cc45)c4c[nH]c5ccc(Br)cc45)c3)c3c[nH]c4ccc(Br)cc34)c2c1. The van der Waals surface area contributed by atoms with E-state index < -0.39 is 0 Å². The summed E-state index contributed by atoms with van der Waals surface area (Å²) < 4.78 is 4.23. The number of rotatable bonds is 6. The van der Waals surface area contributed by atoms with Crippen molar-refractivity contribution in [3.05, 3.63) is 173 Å². The molecule has 0 amide bonds. The molecule has 0 aliphatic rings. The van der Waals surface area contributed by atoms with E-state index in [2.05, 4.69) is 206 Å². The Morgan fingerprint density at radius 2 is 0.646 bits per heavy atom. The summed E-state index contributed by atoms with van der Waals surface area (Å²) in [5.41, 5.74) is 11.8. The topological polar surface area (TPSA) is 63.2 Å². The van der Waals surface area contributed by atoms with Gasteiger partial charge in [-0.1, -0.05) is 88.0 Å². The summed E-state index contributed by atoms with van der Waals surface area (Å²) >= 11 is 15.0. The Bertz CT molecular complexity index is 2320. The normalized spacial score (nSPS) is 12.1. The number of H-pyrrole nitrogens is 4. The number of halogens is 4. The minimum absolute atomic E-state index is 0.0362. The van der Waals surface area contributed by atoms with Crippen molar-refractivity contribution in [2.45, 2.75) is 11.8 Å². The summed E-state index contributed by atoms with van der Waals surface area (Å²) in [6.45, 7) is 0. The van der Waals surface area contributed by atoms with E-state index in [1.807, 2.05) is 0 Å². The minimum Gasteiger partial charge on any atom is -0.361 e. The van der Waals surface area contributed by atoms with Gasteiger partial charge >= 0.3 is 0 Å². The molecule has 5 aromatic carbocycles. The van der Waals surface area contributed by atoms with E-state index in [9.17, 15) is 0 Å². The molecule has 0 bridgehead atoms. The predicted octanol–water partition coefficient (Wildman–Crippen LogP) is 13.0. The Hall–Kier alpha value is -3.82. The van der Waals surface area contributed by atoms with Gasteiger partial charge in [0.2, 0.25) is 0 Å². The van der Waals surface area contributed by atoms with Crippen LogP contribution >= 0.6 is 63.7 Å². The first kappa shape index (κ1) is 30.3. The molecule has 0 unspecified atom stereocenters. The molecule has 9 rings (SSSR count). The zero-order valence-electron chi connectivity index (χ0n) is 25.2. The summed E-state index contributed by atoms with van der Waals surface area (Å²) in [4.78, 5) is 14.3. The molecular weight excluding hydrogens is 856 g/mol. The number of hydrogen-bond donors (Lipinski definition) is 4. The number of aromatic amines is 4. The molecule has 0 atom stereocenters. The van der Waals surface area contributed by atoms with Gasteiger partial charge in [-0.05, 0) is 106 Å². The highest BCUT2D eigenvalue weighted by Crippen LogP contribution is 2.44. The van der Waals surface area contributed by atoms with Crippen LogP contribution in [0.15, 0.2) is 140 Å². The third-order valence-corrected chi connectivity index (χ3v) is 11.5. The van der Waals surface area contributed by atoms with E-state index in [0.29, 0.717) is 0 Å². The zero-order chi connectivity index (χ0) is 32.5. The van der Waals surface area contributed by atoms with Crippen LogP contribution in [0.4, 0.5) is 0 Å². The standard InChI is InChI=1S/C40H26Br4N4/c41-23-4-8-35-27(13-23)31(17-45-35)39(32-18-46-36-9-5-24(42)14-28(32)36)21-2-1-3-22(12-21)40(33-19-47-37-10-6-25(43)15-29(33)37)34-20-48-38-11-7-26(44)16-30(34)38/h1-20,39-40,45-48H. The highest BCUT2D eigenvalue weighted by atomic mass is 79.9. The second-order valence-electron chi connectivity index (χ2n) is 12.3. The van der Waals surface area contributed by atoms with Gasteiger partial charge in [-0.3, -0.25) is 0 Å². The van der Waals surface area contributed by atoms with Gasteiger partial charge < -0.3 is 19.9 Å². The second kappa shape index (κ2) is 11.9. The molecule has 9 aromatic rings. The van der Waals surface area contributed by atoms with Crippen LogP contribution in [-0.2, 0) is 0 Å². The molecule has 4 heterocycles. The molecular formula is C40H26Br4N4. The molecule has 0 spiro atoms. The Morgan fingerprint density at radius 1 is 0.354 bits per heavy atom. The highest BCUT2D eigenvalue weighted by Gasteiger charge is 2.28. The third kappa shape index (κ3) is 5.12. The van der Waals surface area contributed by atoms with Crippen molar-refractivity contribution in [3.63, 3.8) is 0 Å². The lowest BCUT2D eigenvalue weighted by Crippen LogP contribution is -2.07. The van der Waals surface area contributed by atoms with Crippen molar-refractivity contribution in [1.29, 1.82) is 0 Å². The maximum absolute atomic E-state index is 3.74. The zero-order valence-corrected chi connectivity index (χ0v) is 31.6. The van der Waals surface area contributed by atoms with Gasteiger partial charge in [0.15, 0.2) is 0 Å². The van der Waals surface area contributed by atoms with Crippen LogP contribution in [0.25, 0.3) is 43.6 Å². The van der Waals surface area contributed by atoms with E-state index >= 15 is 0 Å². The van der Waals surface area contributed by atoms with Crippen molar-refractivity contribution in [2.24, 2.45) is 0 Å². The Labute approximate surface area is 309 Å². The van der Waals surface area contributed by atoms with Crippen LogP contribution < -0.4 is 0 Å². The van der Waals surface area contributed by atoms with Crippen molar-refractivity contribution < 1.29 is 0 Å². The van der Waals surface area contributed by atoms with Crippen LogP contribution in [0.3, 0.4) is 0 Å². The first-order valence-corrected chi connectivity index (χ1v) is 18.7. The second-order valence-corrected chi connectivity index (χ2v) is 15.9. The van der Waals surface area contributed by atoms with Gasteiger partial charge in [-0.25, -0.2) is 0 Å². The summed E-state index contributed by atoms with van der Waals surface area (Å²) in [7, 11) is 0. The lowest BCUT2D eigenvalue weighted by molar-refractivity contribution is 0.958. The summed E-state index contributed by atoms with van der Waals surface area (Å²) in [5.74, 6) is -0.0724. The molecule has 0 saturated carbocycles. The maximum Gasteiger partial charge on any atom is 0.0457 e. The lowest BCUT2D eigenvalue weighted by atomic mass is 9.80. The Balaban J connectivity index is 1.30. The fourth-order valence-electron chi connectivity index (χ4n) is 7.38. The molecule has 8 heteroatoms. The summed E-state index contributed by atoms with van der Waals surface area (Å²) in [5, 5.41) is 4.79. The van der Waals surface area contributed by atoms with Crippen molar-refractivity contribution in [1.82, 2.24) is 19.9 Å². The quantitative estimate of drug-likeness (QED) is 0.129. The van der Waals surface area contributed by atoms with Crippen LogP contribution in [-0.4, -0.2) is 19.9 Å². The van der Waals surface area contributed by atoms with Gasteiger partial charge in [0.1, 0.15) is 0 Å². The fourth-order valence-corrected chi connectivity index (χ4v) is 8.83. The van der Waals surface area contributed by atoms with E-state index in [-0.39, 0.29) is 11.8 Å². The average Bonchev–Trinajstić information content (AvgIpc) is 3.88. The van der Waals surface area contributed by atoms with Crippen LogP contribution in [0, 0.1) is 0 Å². The number of fused-ring (bicyclic) bond motifs is 4. The molecule has 4 nitrogen and oxygen atoms in total. The molecule has 0 aliphatic heterocycles. The summed E-state index contributed by atoms with van der Waals surface area (Å²) in [6.07, 6.45) is 8.71. The Morgan fingerprint density at radius 3 is 0.938 bits per heavy atom. The summed E-state index contributed by atoms with van der Waals surface area (Å²) in [6, 6.07) is 35.0. The average molecular weight is 882 g/mol. The van der Waals surface area contributed by atoms with Gasteiger partial charge in [-0.2, -0.15) is 0 Å². The number of benzene rings is 5. The molecule has 0 radical (unpaired) electrons. The number of hydrogen-bond acceptors (Lipinski definition) is 0. The van der Waals surface area contributed by atoms with E-state index in [4.69, 9.17) is 0 Å². The van der Waals surface area contributed by atoms with Crippen molar-refractivity contribution in [2.75, 3.05) is 0 Å². The van der Waals surface area contributed by atoms with Crippen LogP contribution in [0.5, 0.6) is 0 Å². The first-order valence-electron chi connectivity index (χ1n) is 15.6. The molecule has 0 aliphatic carbocycles. The Kier molecular flexibility index (Phi) is 7.53. The monoisotopic (exact) mass is 878 g/mol. The maximum atomic E-state index is 3.74. The van der Waals surface area contributed by atoms with Gasteiger partial charge in [0.05, 0.1) is 0 Å². The highest BCUT2D eigenvalue weighted by molar-refractivity contribution is 9.11. The smallest absolute Gasteiger partial charge is 0.0457 e. The van der Waals surface area contributed by atoms with E-state index in [1.165, 1.54) is 54.9 Å². The predicted molar refractivity (Wildman–Crippen MR) is 212 cm³/mol. The third-order valence-electron chi connectivity index (χ3n) is 9.52. The van der Waals surface area contributed by atoms with E-state index in [0.717, 1.165) is 40.0 Å². The molecule has 48 heavy (non-hydrogen) atoms. The molecule has 4 N–H and O–H groups in total. The molecule has 4 aromatic heterocycles.